The maximum Gasteiger partial charge on any atom is 0.331 e. The first-order chi connectivity index (χ1) is 10.6. The highest BCUT2D eigenvalue weighted by Crippen LogP contribution is 2.26. The molecule has 0 bridgehead atoms. The number of carbonyl (C=O) groups is 2. The Bertz CT molecular complexity index is 539. The lowest BCUT2D eigenvalue weighted by molar-refractivity contribution is -0.148. The minimum Gasteiger partial charge on any atom is -0.490 e. The van der Waals surface area contributed by atoms with Gasteiger partial charge in [0.1, 0.15) is 0 Å². The molecule has 2 N–H and O–H groups in total. The summed E-state index contributed by atoms with van der Waals surface area (Å²) in [7, 11) is 0. The molecule has 1 aliphatic heterocycles. The van der Waals surface area contributed by atoms with E-state index in [9.17, 15) is 14.7 Å². The van der Waals surface area contributed by atoms with Crippen molar-refractivity contribution in [2.45, 2.75) is 18.9 Å². The molecule has 1 unspecified atom stereocenters. The molecule has 0 radical (unpaired) electrons. The maximum atomic E-state index is 12.0. The minimum absolute atomic E-state index is 0.0381. The molecule has 1 aromatic carbocycles. The van der Waals surface area contributed by atoms with Crippen LogP contribution in [0.4, 0.5) is 0 Å². The van der Waals surface area contributed by atoms with E-state index in [-0.39, 0.29) is 19.6 Å². The number of carboxylic acids is 1. The molecule has 1 aromatic rings. The molecule has 0 saturated carbocycles. The molecule has 1 amide bonds. The predicted octanol–water partition coefficient (Wildman–Crippen LogP) is 0.824. The summed E-state index contributed by atoms with van der Waals surface area (Å²) in [4.78, 5) is 23.3. The van der Waals surface area contributed by atoms with E-state index in [2.05, 4.69) is 5.32 Å². The van der Waals surface area contributed by atoms with E-state index in [0.29, 0.717) is 24.7 Å². The van der Waals surface area contributed by atoms with Crippen LogP contribution in [0, 0.1) is 0 Å². The summed E-state index contributed by atoms with van der Waals surface area (Å²) in [5.41, 5.74) is -1.36. The van der Waals surface area contributed by atoms with Crippen molar-refractivity contribution in [1.82, 2.24) is 5.32 Å². The number of carbonyl (C=O) groups excluding carboxylic acids is 1. The van der Waals surface area contributed by atoms with Gasteiger partial charge in [0.25, 0.3) is 5.91 Å². The van der Waals surface area contributed by atoms with E-state index in [1.54, 1.807) is 24.3 Å². The summed E-state index contributed by atoms with van der Waals surface area (Å²) >= 11 is 0. The van der Waals surface area contributed by atoms with E-state index in [1.807, 2.05) is 6.92 Å². The van der Waals surface area contributed by atoms with Gasteiger partial charge in [0.15, 0.2) is 23.6 Å². The number of amides is 1. The number of ether oxygens (including phenoxy) is 3. The number of hydrogen-bond donors (Lipinski definition) is 2. The molecule has 1 aliphatic rings. The summed E-state index contributed by atoms with van der Waals surface area (Å²) in [6.45, 7) is 2.30. The molecular weight excluding hydrogens is 290 g/mol. The Hall–Kier alpha value is -2.28. The number of para-hydroxylation sites is 2. The van der Waals surface area contributed by atoms with E-state index >= 15 is 0 Å². The predicted molar refractivity (Wildman–Crippen MR) is 77.1 cm³/mol. The fourth-order valence-corrected chi connectivity index (χ4v) is 2.18. The molecule has 0 aliphatic carbocycles. The molecule has 0 spiro atoms. The zero-order valence-electron chi connectivity index (χ0n) is 12.3. The van der Waals surface area contributed by atoms with Crippen molar-refractivity contribution in [2.24, 2.45) is 0 Å². The van der Waals surface area contributed by atoms with Crippen molar-refractivity contribution in [3.05, 3.63) is 24.3 Å². The molecule has 1 heterocycles. The third-order valence-corrected chi connectivity index (χ3v) is 3.32. The Balaban J connectivity index is 1.94. The van der Waals surface area contributed by atoms with Crippen LogP contribution in [0.1, 0.15) is 13.3 Å². The standard InChI is InChI=1S/C15H19NO6/c1-2-21-11-5-3-4-6-12(11)22-9-13(17)16-15(14(18)19)7-8-20-10-15/h3-6H,2,7-10H2,1H3,(H,16,17)(H,18,19). The van der Waals surface area contributed by atoms with Crippen LogP contribution >= 0.6 is 0 Å². The van der Waals surface area contributed by atoms with Gasteiger partial charge in [0, 0.05) is 13.0 Å². The normalized spacial score (nSPS) is 20.4. The number of aliphatic carboxylic acids is 1. The lowest BCUT2D eigenvalue weighted by Gasteiger charge is -2.23. The molecule has 22 heavy (non-hydrogen) atoms. The first-order valence-electron chi connectivity index (χ1n) is 7.04. The van der Waals surface area contributed by atoms with Gasteiger partial charge in [0.2, 0.25) is 0 Å². The van der Waals surface area contributed by atoms with Crippen LogP contribution in [0.15, 0.2) is 24.3 Å². The summed E-state index contributed by atoms with van der Waals surface area (Å²) in [6, 6.07) is 6.98. The maximum absolute atomic E-state index is 12.0. The van der Waals surface area contributed by atoms with Crippen LogP contribution in [0.25, 0.3) is 0 Å². The van der Waals surface area contributed by atoms with Crippen LogP contribution in [-0.2, 0) is 14.3 Å². The van der Waals surface area contributed by atoms with Gasteiger partial charge in [-0.3, -0.25) is 4.79 Å². The Morgan fingerprint density at radius 3 is 2.55 bits per heavy atom. The van der Waals surface area contributed by atoms with Gasteiger partial charge in [-0.15, -0.1) is 0 Å². The average Bonchev–Trinajstić information content (AvgIpc) is 2.96. The van der Waals surface area contributed by atoms with Crippen molar-refractivity contribution in [1.29, 1.82) is 0 Å². The summed E-state index contributed by atoms with van der Waals surface area (Å²) < 4.78 is 15.9. The van der Waals surface area contributed by atoms with Gasteiger partial charge in [0.05, 0.1) is 13.2 Å². The fraction of sp³-hybridized carbons (Fsp3) is 0.467. The van der Waals surface area contributed by atoms with Gasteiger partial charge in [-0.05, 0) is 19.1 Å². The Labute approximate surface area is 128 Å². The van der Waals surface area contributed by atoms with Crippen molar-refractivity contribution in [2.75, 3.05) is 26.4 Å². The highest BCUT2D eigenvalue weighted by molar-refractivity contribution is 5.88. The van der Waals surface area contributed by atoms with Gasteiger partial charge in [-0.1, -0.05) is 12.1 Å². The molecule has 2 rings (SSSR count). The van der Waals surface area contributed by atoms with Gasteiger partial charge in [-0.25, -0.2) is 4.79 Å². The second-order valence-electron chi connectivity index (χ2n) is 4.91. The van der Waals surface area contributed by atoms with Gasteiger partial charge < -0.3 is 24.6 Å². The van der Waals surface area contributed by atoms with E-state index in [4.69, 9.17) is 14.2 Å². The van der Waals surface area contributed by atoms with Crippen LogP contribution < -0.4 is 14.8 Å². The van der Waals surface area contributed by atoms with Crippen molar-refractivity contribution in [3.8, 4) is 11.5 Å². The molecule has 7 nitrogen and oxygen atoms in total. The fourth-order valence-electron chi connectivity index (χ4n) is 2.18. The molecule has 0 aromatic heterocycles. The molecule has 1 atom stereocenters. The summed E-state index contributed by atoms with van der Waals surface area (Å²) in [5.74, 6) is -0.645. The monoisotopic (exact) mass is 309 g/mol. The van der Waals surface area contributed by atoms with Crippen molar-refractivity contribution in [3.63, 3.8) is 0 Å². The van der Waals surface area contributed by atoms with Crippen LogP contribution in [0.5, 0.6) is 11.5 Å². The minimum atomic E-state index is -1.36. The zero-order chi connectivity index (χ0) is 16.0. The lowest BCUT2D eigenvalue weighted by atomic mass is 9.99. The highest BCUT2D eigenvalue weighted by atomic mass is 16.5. The van der Waals surface area contributed by atoms with Gasteiger partial charge >= 0.3 is 5.97 Å². The average molecular weight is 309 g/mol. The molecule has 120 valence electrons. The first kappa shape index (κ1) is 16.1. The Morgan fingerprint density at radius 2 is 2.00 bits per heavy atom. The van der Waals surface area contributed by atoms with Crippen molar-refractivity contribution < 1.29 is 28.9 Å². The second kappa shape index (κ2) is 7.13. The van der Waals surface area contributed by atoms with Crippen LogP contribution in [0.2, 0.25) is 0 Å². The number of benzene rings is 1. The van der Waals surface area contributed by atoms with Crippen LogP contribution in [-0.4, -0.2) is 48.9 Å². The summed E-state index contributed by atoms with van der Waals surface area (Å²) in [6.07, 6.45) is 0.240. The molecule has 7 heteroatoms. The Morgan fingerprint density at radius 1 is 1.32 bits per heavy atom. The smallest absolute Gasteiger partial charge is 0.331 e. The largest absolute Gasteiger partial charge is 0.490 e. The SMILES string of the molecule is CCOc1ccccc1OCC(=O)NC1(C(=O)O)CCOC1. The molecule has 1 saturated heterocycles. The summed E-state index contributed by atoms with van der Waals surface area (Å²) in [5, 5.41) is 11.7. The number of rotatable bonds is 7. The van der Waals surface area contributed by atoms with E-state index in [1.165, 1.54) is 0 Å². The molecular formula is C15H19NO6. The number of hydrogen-bond acceptors (Lipinski definition) is 5. The quantitative estimate of drug-likeness (QED) is 0.774. The van der Waals surface area contributed by atoms with Gasteiger partial charge in [-0.2, -0.15) is 0 Å². The van der Waals surface area contributed by atoms with Crippen LogP contribution in [0.3, 0.4) is 0 Å². The van der Waals surface area contributed by atoms with E-state index in [0.717, 1.165) is 0 Å². The lowest BCUT2D eigenvalue weighted by Crippen LogP contribution is -2.56. The zero-order valence-corrected chi connectivity index (χ0v) is 12.3. The molecule has 1 fully saturated rings. The Kier molecular flexibility index (Phi) is 5.21. The highest BCUT2D eigenvalue weighted by Gasteiger charge is 2.43. The van der Waals surface area contributed by atoms with E-state index < -0.39 is 17.4 Å². The first-order valence-corrected chi connectivity index (χ1v) is 7.04. The second-order valence-corrected chi connectivity index (χ2v) is 4.91. The number of carboxylic acid groups (broad SMARTS) is 1. The topological polar surface area (TPSA) is 94.1 Å². The van der Waals surface area contributed by atoms with Crippen molar-refractivity contribution >= 4 is 11.9 Å². The number of nitrogens with one attached hydrogen (secondary N) is 1. The third kappa shape index (κ3) is 3.67. The third-order valence-electron chi connectivity index (χ3n) is 3.32.